The SMILES string of the molecule is CCCCCCCCCCCCCCN(CC(=O)O)C(C)O. The third-order valence-corrected chi connectivity index (χ3v) is 4.17. The highest BCUT2D eigenvalue weighted by molar-refractivity contribution is 5.69. The number of hydrogen-bond donors (Lipinski definition) is 2. The topological polar surface area (TPSA) is 60.8 Å². The van der Waals surface area contributed by atoms with Crippen LogP contribution in [-0.4, -0.2) is 40.4 Å². The molecule has 0 rings (SSSR count). The number of carboxylic acid groups (broad SMARTS) is 1. The van der Waals surface area contributed by atoms with Crippen LogP contribution in [0.2, 0.25) is 0 Å². The minimum atomic E-state index is -0.875. The van der Waals surface area contributed by atoms with Crippen molar-refractivity contribution in [2.24, 2.45) is 0 Å². The van der Waals surface area contributed by atoms with E-state index in [0.717, 1.165) is 12.8 Å². The fourth-order valence-electron chi connectivity index (χ4n) is 2.73. The highest BCUT2D eigenvalue weighted by atomic mass is 16.4. The number of hydrogen-bond acceptors (Lipinski definition) is 3. The van der Waals surface area contributed by atoms with Crippen LogP contribution >= 0.6 is 0 Å². The van der Waals surface area contributed by atoms with Crippen molar-refractivity contribution in [1.82, 2.24) is 4.90 Å². The lowest BCUT2D eigenvalue weighted by Crippen LogP contribution is -2.37. The molecule has 0 aliphatic carbocycles. The van der Waals surface area contributed by atoms with Crippen molar-refractivity contribution >= 4 is 5.97 Å². The molecule has 0 aromatic heterocycles. The van der Waals surface area contributed by atoms with Gasteiger partial charge in [-0.15, -0.1) is 0 Å². The lowest BCUT2D eigenvalue weighted by molar-refractivity contribution is -0.141. The van der Waals surface area contributed by atoms with Crippen LogP contribution in [0.3, 0.4) is 0 Å². The molecule has 0 fully saturated rings. The van der Waals surface area contributed by atoms with Crippen molar-refractivity contribution in [2.45, 2.75) is 97.1 Å². The largest absolute Gasteiger partial charge is 0.480 e. The third-order valence-electron chi connectivity index (χ3n) is 4.17. The van der Waals surface area contributed by atoms with Gasteiger partial charge in [-0.25, -0.2) is 0 Å². The van der Waals surface area contributed by atoms with Crippen LogP contribution in [0.1, 0.15) is 90.9 Å². The average Bonchev–Trinajstić information content (AvgIpc) is 2.46. The second-order valence-electron chi connectivity index (χ2n) is 6.39. The van der Waals surface area contributed by atoms with Crippen molar-refractivity contribution in [3.8, 4) is 0 Å². The van der Waals surface area contributed by atoms with Crippen LogP contribution in [0.4, 0.5) is 0 Å². The first-order valence-corrected chi connectivity index (χ1v) is 9.21. The number of rotatable bonds is 16. The summed E-state index contributed by atoms with van der Waals surface area (Å²) in [6.45, 7) is 4.47. The molecule has 0 aliphatic heterocycles. The molecule has 0 saturated carbocycles. The van der Waals surface area contributed by atoms with Crippen molar-refractivity contribution in [3.63, 3.8) is 0 Å². The van der Waals surface area contributed by atoms with Crippen molar-refractivity contribution < 1.29 is 15.0 Å². The summed E-state index contributed by atoms with van der Waals surface area (Å²) in [7, 11) is 0. The van der Waals surface area contributed by atoms with Gasteiger partial charge in [0.05, 0.1) is 6.54 Å². The standard InChI is InChI=1S/C18H37NO3/c1-3-4-5-6-7-8-9-10-11-12-13-14-15-19(17(2)20)16-18(21)22/h17,20H,3-16H2,1-2H3,(H,21,22). The van der Waals surface area contributed by atoms with E-state index in [4.69, 9.17) is 5.11 Å². The van der Waals surface area contributed by atoms with Crippen molar-refractivity contribution in [3.05, 3.63) is 0 Å². The molecule has 0 saturated heterocycles. The number of unbranched alkanes of at least 4 members (excludes halogenated alkanes) is 11. The molecule has 2 N–H and O–H groups in total. The Kier molecular flexibility index (Phi) is 14.9. The number of aliphatic hydroxyl groups is 1. The van der Waals surface area contributed by atoms with Crippen LogP contribution in [0, 0.1) is 0 Å². The van der Waals surface area contributed by atoms with Gasteiger partial charge in [0.15, 0.2) is 0 Å². The lowest BCUT2D eigenvalue weighted by atomic mass is 10.1. The van der Waals surface area contributed by atoms with E-state index >= 15 is 0 Å². The van der Waals surface area contributed by atoms with E-state index in [9.17, 15) is 9.90 Å². The minimum absolute atomic E-state index is 0.0737. The van der Waals surface area contributed by atoms with E-state index in [1.807, 2.05) is 0 Å². The normalized spacial score (nSPS) is 12.7. The fourth-order valence-corrected chi connectivity index (χ4v) is 2.73. The summed E-state index contributed by atoms with van der Waals surface area (Å²) < 4.78 is 0. The van der Waals surface area contributed by atoms with Crippen molar-refractivity contribution in [1.29, 1.82) is 0 Å². The molecule has 1 atom stereocenters. The molecule has 4 nitrogen and oxygen atoms in total. The molecular weight excluding hydrogens is 278 g/mol. The monoisotopic (exact) mass is 315 g/mol. The number of aliphatic carboxylic acids is 1. The van der Waals surface area contributed by atoms with E-state index in [1.165, 1.54) is 64.2 Å². The Morgan fingerprint density at radius 2 is 1.27 bits per heavy atom. The smallest absolute Gasteiger partial charge is 0.317 e. The fraction of sp³-hybridized carbons (Fsp3) is 0.944. The Morgan fingerprint density at radius 1 is 0.864 bits per heavy atom. The zero-order valence-corrected chi connectivity index (χ0v) is 14.7. The predicted molar refractivity (Wildman–Crippen MR) is 92.0 cm³/mol. The highest BCUT2D eigenvalue weighted by Gasteiger charge is 2.13. The molecule has 0 amide bonds. The van der Waals surface area contributed by atoms with E-state index in [1.54, 1.807) is 11.8 Å². The number of carboxylic acids is 1. The lowest BCUT2D eigenvalue weighted by Gasteiger charge is -2.23. The molecule has 0 bridgehead atoms. The Hall–Kier alpha value is -0.610. The summed E-state index contributed by atoms with van der Waals surface area (Å²) in [6.07, 6.45) is 14.8. The zero-order chi connectivity index (χ0) is 16.6. The van der Waals surface area contributed by atoms with Gasteiger partial charge in [0, 0.05) is 6.54 Å². The predicted octanol–water partition coefficient (Wildman–Crippen LogP) is 4.41. The Bertz CT molecular complexity index is 257. The molecule has 0 aliphatic rings. The van der Waals surface area contributed by atoms with Gasteiger partial charge in [0.2, 0.25) is 0 Å². The first-order chi connectivity index (χ1) is 10.6. The van der Waals surface area contributed by atoms with E-state index in [2.05, 4.69) is 6.92 Å². The van der Waals surface area contributed by atoms with Crippen LogP contribution in [-0.2, 0) is 4.79 Å². The molecule has 0 aromatic carbocycles. The highest BCUT2D eigenvalue weighted by Crippen LogP contribution is 2.12. The first kappa shape index (κ1) is 21.4. The van der Waals surface area contributed by atoms with Gasteiger partial charge in [-0.05, 0) is 13.3 Å². The van der Waals surface area contributed by atoms with Crippen LogP contribution < -0.4 is 0 Å². The molecule has 0 aromatic rings. The zero-order valence-electron chi connectivity index (χ0n) is 14.7. The molecular formula is C18H37NO3. The van der Waals surface area contributed by atoms with E-state index in [-0.39, 0.29) is 6.54 Å². The Morgan fingerprint density at radius 3 is 1.64 bits per heavy atom. The quantitative estimate of drug-likeness (QED) is 0.327. The molecule has 0 heterocycles. The second kappa shape index (κ2) is 15.3. The molecule has 22 heavy (non-hydrogen) atoms. The summed E-state index contributed by atoms with van der Waals surface area (Å²) >= 11 is 0. The molecule has 132 valence electrons. The third kappa shape index (κ3) is 14.3. The van der Waals surface area contributed by atoms with Gasteiger partial charge in [-0.3, -0.25) is 9.69 Å². The number of nitrogens with zero attached hydrogens (tertiary/aromatic N) is 1. The molecule has 0 radical (unpaired) electrons. The summed E-state index contributed by atoms with van der Waals surface area (Å²) in [4.78, 5) is 12.3. The number of carbonyl (C=O) groups is 1. The molecule has 1 unspecified atom stereocenters. The summed E-state index contributed by atoms with van der Waals surface area (Å²) in [5.41, 5.74) is 0. The average molecular weight is 315 g/mol. The maximum atomic E-state index is 10.7. The van der Waals surface area contributed by atoms with Crippen LogP contribution in [0.5, 0.6) is 0 Å². The van der Waals surface area contributed by atoms with Gasteiger partial charge in [-0.2, -0.15) is 0 Å². The van der Waals surface area contributed by atoms with Gasteiger partial charge in [0.25, 0.3) is 0 Å². The minimum Gasteiger partial charge on any atom is -0.480 e. The maximum absolute atomic E-state index is 10.7. The summed E-state index contributed by atoms with van der Waals surface area (Å²) in [5, 5.41) is 18.3. The van der Waals surface area contributed by atoms with Crippen molar-refractivity contribution in [2.75, 3.05) is 13.1 Å². The van der Waals surface area contributed by atoms with Gasteiger partial charge < -0.3 is 10.2 Å². The van der Waals surface area contributed by atoms with Gasteiger partial charge >= 0.3 is 5.97 Å². The summed E-state index contributed by atoms with van der Waals surface area (Å²) in [5.74, 6) is -0.875. The number of aliphatic hydroxyl groups excluding tert-OH is 1. The Labute approximate surface area is 136 Å². The summed E-state index contributed by atoms with van der Waals surface area (Å²) in [6, 6.07) is 0. The van der Waals surface area contributed by atoms with E-state index in [0.29, 0.717) is 6.54 Å². The first-order valence-electron chi connectivity index (χ1n) is 9.21. The maximum Gasteiger partial charge on any atom is 0.317 e. The molecule has 4 heteroatoms. The molecule has 0 spiro atoms. The van der Waals surface area contributed by atoms with Gasteiger partial charge in [-0.1, -0.05) is 77.6 Å². The van der Waals surface area contributed by atoms with E-state index < -0.39 is 12.2 Å². The second-order valence-corrected chi connectivity index (χ2v) is 6.39. The van der Waals surface area contributed by atoms with Crippen LogP contribution in [0.25, 0.3) is 0 Å². The van der Waals surface area contributed by atoms with Gasteiger partial charge in [0.1, 0.15) is 6.23 Å². The van der Waals surface area contributed by atoms with Crippen LogP contribution in [0.15, 0.2) is 0 Å². The Balaban J connectivity index is 3.33.